The molecule has 1 heteroatoms. The summed E-state index contributed by atoms with van der Waals surface area (Å²) in [5.74, 6) is 0. The van der Waals surface area contributed by atoms with Crippen molar-refractivity contribution in [1.82, 2.24) is 0 Å². The zero-order chi connectivity index (χ0) is 10.3. The SMILES string of the molecule is CCC1(C)CC(C)(C)CC(C)(O)C1. The molecule has 0 aliphatic heterocycles. The van der Waals surface area contributed by atoms with E-state index < -0.39 is 5.60 Å². The number of hydrogen-bond donors (Lipinski definition) is 1. The van der Waals surface area contributed by atoms with Gasteiger partial charge in [0.05, 0.1) is 5.60 Å². The minimum atomic E-state index is -0.452. The van der Waals surface area contributed by atoms with Gasteiger partial charge in [0.25, 0.3) is 0 Å². The number of aliphatic hydroxyl groups is 1. The summed E-state index contributed by atoms with van der Waals surface area (Å²) in [7, 11) is 0. The quantitative estimate of drug-likeness (QED) is 0.662. The summed E-state index contributed by atoms with van der Waals surface area (Å²) in [5.41, 5.74) is 0.185. The van der Waals surface area contributed by atoms with Crippen molar-refractivity contribution in [2.24, 2.45) is 10.8 Å². The summed E-state index contributed by atoms with van der Waals surface area (Å²) in [6, 6.07) is 0. The van der Waals surface area contributed by atoms with Crippen molar-refractivity contribution in [2.75, 3.05) is 0 Å². The Hall–Kier alpha value is -0.0400. The van der Waals surface area contributed by atoms with Crippen molar-refractivity contribution < 1.29 is 5.11 Å². The topological polar surface area (TPSA) is 20.2 Å². The zero-order valence-electron chi connectivity index (χ0n) is 9.78. The molecule has 0 radical (unpaired) electrons. The lowest BCUT2D eigenvalue weighted by molar-refractivity contribution is -0.0800. The van der Waals surface area contributed by atoms with Gasteiger partial charge in [-0.1, -0.05) is 34.1 Å². The predicted octanol–water partition coefficient (Wildman–Crippen LogP) is 3.36. The van der Waals surface area contributed by atoms with E-state index in [9.17, 15) is 5.11 Å². The molecule has 0 spiro atoms. The van der Waals surface area contributed by atoms with Crippen LogP contribution in [0.4, 0.5) is 0 Å². The molecule has 0 heterocycles. The Balaban J connectivity index is 2.84. The lowest BCUT2D eigenvalue weighted by Crippen LogP contribution is -2.44. The molecule has 0 aromatic carbocycles. The van der Waals surface area contributed by atoms with Crippen LogP contribution in [0.25, 0.3) is 0 Å². The first kappa shape index (κ1) is 11.0. The molecular weight excluding hydrogens is 160 g/mol. The largest absolute Gasteiger partial charge is 0.390 e. The van der Waals surface area contributed by atoms with E-state index in [2.05, 4.69) is 27.7 Å². The summed E-state index contributed by atoms with van der Waals surface area (Å²) < 4.78 is 0. The standard InChI is InChI=1S/C12H24O/c1-6-11(4)7-10(2,3)8-12(5,13)9-11/h13H,6-9H2,1-5H3. The van der Waals surface area contributed by atoms with Crippen molar-refractivity contribution in [1.29, 1.82) is 0 Å². The number of hydrogen-bond acceptors (Lipinski definition) is 1. The van der Waals surface area contributed by atoms with E-state index in [1.165, 1.54) is 12.8 Å². The van der Waals surface area contributed by atoms with E-state index in [1.807, 2.05) is 6.92 Å². The van der Waals surface area contributed by atoms with E-state index in [0.717, 1.165) is 12.8 Å². The molecule has 0 saturated heterocycles. The van der Waals surface area contributed by atoms with E-state index >= 15 is 0 Å². The van der Waals surface area contributed by atoms with Gasteiger partial charge in [-0.3, -0.25) is 0 Å². The van der Waals surface area contributed by atoms with Crippen LogP contribution in [0.3, 0.4) is 0 Å². The van der Waals surface area contributed by atoms with Crippen LogP contribution in [0.5, 0.6) is 0 Å². The fraction of sp³-hybridized carbons (Fsp3) is 1.00. The highest BCUT2D eigenvalue weighted by atomic mass is 16.3. The highest BCUT2D eigenvalue weighted by Crippen LogP contribution is 2.51. The first-order valence-corrected chi connectivity index (χ1v) is 5.41. The van der Waals surface area contributed by atoms with Gasteiger partial charge in [0, 0.05) is 0 Å². The Morgan fingerprint density at radius 1 is 1.00 bits per heavy atom. The van der Waals surface area contributed by atoms with Crippen LogP contribution in [0.1, 0.15) is 60.3 Å². The molecule has 0 bridgehead atoms. The molecule has 1 nitrogen and oxygen atoms in total. The van der Waals surface area contributed by atoms with Gasteiger partial charge in [-0.25, -0.2) is 0 Å². The molecule has 1 N–H and O–H groups in total. The molecule has 13 heavy (non-hydrogen) atoms. The van der Waals surface area contributed by atoms with E-state index in [-0.39, 0.29) is 0 Å². The summed E-state index contributed by atoms with van der Waals surface area (Å²) >= 11 is 0. The van der Waals surface area contributed by atoms with Gasteiger partial charge >= 0.3 is 0 Å². The Bertz CT molecular complexity index is 175. The molecule has 1 saturated carbocycles. The first-order valence-electron chi connectivity index (χ1n) is 5.41. The van der Waals surface area contributed by atoms with Gasteiger partial charge < -0.3 is 5.11 Å². The van der Waals surface area contributed by atoms with Crippen molar-refractivity contribution >= 4 is 0 Å². The Morgan fingerprint density at radius 2 is 1.54 bits per heavy atom. The van der Waals surface area contributed by atoms with Gasteiger partial charge in [0.1, 0.15) is 0 Å². The first-order chi connectivity index (χ1) is 5.68. The molecule has 1 fully saturated rings. The van der Waals surface area contributed by atoms with E-state index in [1.54, 1.807) is 0 Å². The third-order valence-corrected chi connectivity index (χ3v) is 3.43. The summed E-state index contributed by atoms with van der Waals surface area (Å²) in [4.78, 5) is 0. The third kappa shape index (κ3) is 2.70. The van der Waals surface area contributed by atoms with Crippen molar-refractivity contribution in [3.8, 4) is 0 Å². The van der Waals surface area contributed by atoms with Crippen molar-refractivity contribution in [3.05, 3.63) is 0 Å². The lowest BCUT2D eigenvalue weighted by Gasteiger charge is -2.49. The molecular formula is C12H24O. The predicted molar refractivity (Wildman–Crippen MR) is 56.7 cm³/mol. The van der Waals surface area contributed by atoms with Crippen LogP contribution in [-0.4, -0.2) is 10.7 Å². The smallest absolute Gasteiger partial charge is 0.0630 e. The fourth-order valence-corrected chi connectivity index (χ4v) is 3.54. The Kier molecular flexibility index (Phi) is 2.53. The van der Waals surface area contributed by atoms with Crippen LogP contribution in [0.2, 0.25) is 0 Å². The normalized spacial score (nSPS) is 44.8. The number of rotatable bonds is 1. The average molecular weight is 184 g/mol. The van der Waals surface area contributed by atoms with Crippen LogP contribution in [0.15, 0.2) is 0 Å². The summed E-state index contributed by atoms with van der Waals surface area (Å²) in [6.45, 7) is 11.1. The third-order valence-electron chi connectivity index (χ3n) is 3.43. The molecule has 2 atom stereocenters. The zero-order valence-corrected chi connectivity index (χ0v) is 9.78. The average Bonchev–Trinajstić information content (AvgIpc) is 1.79. The van der Waals surface area contributed by atoms with Crippen LogP contribution in [0, 0.1) is 10.8 Å². The van der Waals surface area contributed by atoms with Gasteiger partial charge in [-0.2, -0.15) is 0 Å². The maximum absolute atomic E-state index is 10.2. The van der Waals surface area contributed by atoms with Gasteiger partial charge in [0.2, 0.25) is 0 Å². The summed E-state index contributed by atoms with van der Waals surface area (Å²) in [5, 5.41) is 10.2. The molecule has 0 aromatic rings. The Labute approximate surface area is 82.5 Å². The lowest BCUT2D eigenvalue weighted by atomic mass is 9.58. The second-order valence-corrected chi connectivity index (χ2v) is 6.36. The Morgan fingerprint density at radius 3 is 1.92 bits per heavy atom. The molecule has 78 valence electrons. The minimum Gasteiger partial charge on any atom is -0.390 e. The molecule has 1 rings (SSSR count). The molecule has 0 amide bonds. The minimum absolute atomic E-state index is 0.298. The highest BCUT2D eigenvalue weighted by Gasteiger charge is 2.44. The summed E-state index contributed by atoms with van der Waals surface area (Å²) in [6.07, 6.45) is 4.31. The van der Waals surface area contributed by atoms with E-state index in [0.29, 0.717) is 10.8 Å². The van der Waals surface area contributed by atoms with Gasteiger partial charge in [-0.15, -0.1) is 0 Å². The highest BCUT2D eigenvalue weighted by molar-refractivity contribution is 4.96. The van der Waals surface area contributed by atoms with E-state index in [4.69, 9.17) is 0 Å². The van der Waals surface area contributed by atoms with Crippen LogP contribution >= 0.6 is 0 Å². The van der Waals surface area contributed by atoms with Crippen molar-refractivity contribution in [3.63, 3.8) is 0 Å². The van der Waals surface area contributed by atoms with Crippen LogP contribution < -0.4 is 0 Å². The maximum atomic E-state index is 10.2. The fourth-order valence-electron chi connectivity index (χ4n) is 3.54. The second-order valence-electron chi connectivity index (χ2n) is 6.36. The maximum Gasteiger partial charge on any atom is 0.0630 e. The van der Waals surface area contributed by atoms with Gasteiger partial charge in [0.15, 0.2) is 0 Å². The van der Waals surface area contributed by atoms with Crippen LogP contribution in [-0.2, 0) is 0 Å². The van der Waals surface area contributed by atoms with Gasteiger partial charge in [-0.05, 0) is 37.0 Å². The molecule has 1 aliphatic rings. The monoisotopic (exact) mass is 184 g/mol. The molecule has 1 aliphatic carbocycles. The molecule has 0 aromatic heterocycles. The molecule has 2 unspecified atom stereocenters. The second kappa shape index (κ2) is 2.98. The van der Waals surface area contributed by atoms with Crippen molar-refractivity contribution in [2.45, 2.75) is 65.9 Å².